The highest BCUT2D eigenvalue weighted by atomic mass is 15.1. The van der Waals surface area contributed by atoms with E-state index < -0.39 is 5.41 Å². The van der Waals surface area contributed by atoms with Gasteiger partial charge in [0.1, 0.15) is 6.17 Å². The van der Waals surface area contributed by atoms with Crippen molar-refractivity contribution in [2.24, 2.45) is 10.9 Å². The Morgan fingerprint density at radius 3 is 2.02 bits per heavy atom. The summed E-state index contributed by atoms with van der Waals surface area (Å²) >= 11 is 0. The molecule has 0 saturated carbocycles. The summed E-state index contributed by atoms with van der Waals surface area (Å²) in [5, 5.41) is 3.97. The summed E-state index contributed by atoms with van der Waals surface area (Å²) < 4.78 is 0. The first kappa shape index (κ1) is 36.1. The van der Waals surface area contributed by atoms with Crippen molar-refractivity contribution in [3.63, 3.8) is 0 Å². The first-order valence-corrected chi connectivity index (χ1v) is 22.1. The van der Waals surface area contributed by atoms with Gasteiger partial charge in [0.15, 0.2) is 0 Å². The van der Waals surface area contributed by atoms with E-state index >= 15 is 0 Å². The molecule has 0 amide bonds. The normalized spacial score (nSPS) is 19.5. The molecule has 12 rings (SSSR count). The Balaban J connectivity index is 1.12. The molecule has 0 radical (unpaired) electrons. The second-order valence-corrected chi connectivity index (χ2v) is 18.2. The van der Waals surface area contributed by atoms with E-state index in [9.17, 15) is 0 Å². The molecule has 2 nitrogen and oxygen atoms in total. The van der Waals surface area contributed by atoms with E-state index in [1.54, 1.807) is 0 Å². The highest BCUT2D eigenvalue weighted by Crippen LogP contribution is 2.63. The average Bonchev–Trinajstić information content (AvgIpc) is 3.61. The minimum atomic E-state index is -0.509. The van der Waals surface area contributed by atoms with Crippen LogP contribution in [0, 0.1) is 5.92 Å². The fourth-order valence-corrected chi connectivity index (χ4v) is 11.7. The maximum Gasteiger partial charge on any atom is 0.146 e. The molecule has 1 aliphatic heterocycles. The molecule has 0 saturated heterocycles. The smallest absolute Gasteiger partial charge is 0.146 e. The number of aryl methyl sites for hydroxylation is 1. The summed E-state index contributed by atoms with van der Waals surface area (Å²) in [5.41, 5.74) is 24.1. The third-order valence-corrected chi connectivity index (χ3v) is 14.5. The van der Waals surface area contributed by atoms with E-state index in [0.717, 1.165) is 41.8 Å². The summed E-state index contributed by atoms with van der Waals surface area (Å²) in [6.45, 7) is 7.23. The van der Waals surface area contributed by atoms with Gasteiger partial charge in [-0.3, -0.25) is 4.99 Å². The number of nitrogens with zero attached hydrogens (tertiary/aromatic N) is 1. The Bertz CT molecular complexity index is 3020. The van der Waals surface area contributed by atoms with Crippen LogP contribution in [0.5, 0.6) is 0 Å². The summed E-state index contributed by atoms with van der Waals surface area (Å²) in [4.78, 5) is 5.59. The summed E-state index contributed by atoms with van der Waals surface area (Å²) in [7, 11) is 0. The van der Waals surface area contributed by atoms with Gasteiger partial charge in [-0.15, -0.1) is 0 Å². The van der Waals surface area contributed by atoms with Gasteiger partial charge >= 0.3 is 0 Å². The molecule has 0 aromatic heterocycles. The minimum absolute atomic E-state index is 0.168. The lowest BCUT2D eigenvalue weighted by Crippen LogP contribution is -2.40. The first-order chi connectivity index (χ1) is 29.9. The molecule has 294 valence electrons. The standard InChI is InChI=1S/C59H48N2/c1-37-33-46-42(30-29-38-17-10-11-22-43(38)46)34-45(37)41-31-32-48-47(35-41)56-44(57-60-54(39-18-6-4-7-19-39)36-55(61-57)40-20-8-5-9-21-40)23-16-28-53(56)59(48)51-26-14-12-24-49(51)58(2,3)50-25-13-15-27-52(50)59/h4-9,11-16,18-32,34-37,57,60H,10,17,33H2,1-3H3. The number of hydrogen-bond donors (Lipinski definition) is 1. The van der Waals surface area contributed by atoms with Gasteiger partial charge in [0.2, 0.25) is 0 Å². The molecule has 1 N–H and O–H groups in total. The number of aliphatic imine (C=N–C) groups is 1. The van der Waals surface area contributed by atoms with E-state index in [0.29, 0.717) is 5.92 Å². The van der Waals surface area contributed by atoms with Gasteiger partial charge in [-0.05, 0) is 126 Å². The molecule has 2 heteroatoms. The van der Waals surface area contributed by atoms with Crippen LogP contribution in [0.2, 0.25) is 0 Å². The quantitative estimate of drug-likeness (QED) is 0.189. The number of fused-ring (bicyclic) bond motifs is 12. The van der Waals surface area contributed by atoms with Gasteiger partial charge in [-0.2, -0.15) is 0 Å². The lowest BCUT2D eigenvalue weighted by Gasteiger charge is -2.46. The maximum atomic E-state index is 5.59. The molecule has 5 aliphatic rings. The number of allylic oxidation sites excluding steroid dienone is 3. The van der Waals surface area contributed by atoms with Crippen molar-refractivity contribution in [3.8, 4) is 11.1 Å². The lowest BCUT2D eigenvalue weighted by molar-refractivity contribution is 0.563. The van der Waals surface area contributed by atoms with Crippen LogP contribution in [-0.2, 0) is 23.7 Å². The number of nitrogens with one attached hydrogen (secondary N) is 1. The Hall–Kier alpha value is -6.77. The maximum absolute atomic E-state index is 5.59. The van der Waals surface area contributed by atoms with E-state index in [2.05, 4.69) is 208 Å². The van der Waals surface area contributed by atoms with Crippen LogP contribution in [0.1, 0.15) is 111 Å². The van der Waals surface area contributed by atoms with Gasteiger partial charge in [-0.1, -0.05) is 191 Å². The van der Waals surface area contributed by atoms with Crippen molar-refractivity contribution in [3.05, 3.63) is 248 Å². The zero-order valence-electron chi connectivity index (χ0n) is 35.0. The van der Waals surface area contributed by atoms with Crippen molar-refractivity contribution >= 4 is 29.1 Å². The molecule has 4 aliphatic carbocycles. The van der Waals surface area contributed by atoms with Gasteiger partial charge in [0, 0.05) is 16.7 Å². The second-order valence-electron chi connectivity index (χ2n) is 18.2. The predicted octanol–water partition coefficient (Wildman–Crippen LogP) is 13.5. The topological polar surface area (TPSA) is 24.4 Å². The van der Waals surface area contributed by atoms with Crippen LogP contribution in [0.3, 0.4) is 0 Å². The molecule has 0 bridgehead atoms. The number of hydrogen-bond acceptors (Lipinski definition) is 2. The summed E-state index contributed by atoms with van der Waals surface area (Å²) in [5.74, 6) is 0.381. The third-order valence-electron chi connectivity index (χ3n) is 14.5. The molecular formula is C59H48N2. The Morgan fingerprint density at radius 2 is 1.28 bits per heavy atom. The van der Waals surface area contributed by atoms with Crippen LogP contribution in [0.25, 0.3) is 34.5 Å². The fraction of sp³-hybridized carbons (Fsp3) is 0.169. The third kappa shape index (κ3) is 5.31. The monoisotopic (exact) mass is 784 g/mol. The predicted molar refractivity (Wildman–Crippen MR) is 254 cm³/mol. The van der Waals surface area contributed by atoms with Crippen molar-refractivity contribution in [1.82, 2.24) is 5.32 Å². The average molecular weight is 785 g/mol. The lowest BCUT2D eigenvalue weighted by atomic mass is 9.55. The fourth-order valence-electron chi connectivity index (χ4n) is 11.7. The van der Waals surface area contributed by atoms with E-state index in [4.69, 9.17) is 4.99 Å². The first-order valence-electron chi connectivity index (χ1n) is 22.1. The van der Waals surface area contributed by atoms with Crippen molar-refractivity contribution in [2.45, 2.75) is 57.0 Å². The van der Waals surface area contributed by atoms with Crippen molar-refractivity contribution < 1.29 is 0 Å². The van der Waals surface area contributed by atoms with Gasteiger partial charge < -0.3 is 5.32 Å². The van der Waals surface area contributed by atoms with Crippen LogP contribution in [0.4, 0.5) is 0 Å². The van der Waals surface area contributed by atoms with Crippen LogP contribution in [-0.4, -0.2) is 5.71 Å². The molecular weight excluding hydrogens is 737 g/mol. The van der Waals surface area contributed by atoms with Crippen LogP contribution >= 0.6 is 0 Å². The Morgan fingerprint density at radius 1 is 0.607 bits per heavy atom. The molecule has 1 spiro atoms. The molecule has 61 heavy (non-hydrogen) atoms. The minimum Gasteiger partial charge on any atom is -0.359 e. The Labute approximate surface area is 359 Å². The summed E-state index contributed by atoms with van der Waals surface area (Å²) in [6.07, 6.45) is 12.4. The van der Waals surface area contributed by atoms with Crippen molar-refractivity contribution in [2.75, 3.05) is 0 Å². The SMILES string of the molecule is CC1Cc2c(ccc3c2C=CCC3)C=C1c1ccc2c(c1)-c1c(C3N=C(c4ccccc4)C=C(c4ccccc4)N3)cccc1C21c2ccccc2C(C)(C)c2ccccc21. The van der Waals surface area contributed by atoms with Gasteiger partial charge in [0.05, 0.1) is 11.1 Å². The van der Waals surface area contributed by atoms with Crippen molar-refractivity contribution in [1.29, 1.82) is 0 Å². The Kier molecular flexibility index (Phi) is 8.07. The van der Waals surface area contributed by atoms with E-state index in [-0.39, 0.29) is 11.6 Å². The zero-order valence-corrected chi connectivity index (χ0v) is 35.0. The van der Waals surface area contributed by atoms with Crippen LogP contribution in [0.15, 0.2) is 175 Å². The van der Waals surface area contributed by atoms with E-state index in [1.807, 2.05) is 0 Å². The van der Waals surface area contributed by atoms with Gasteiger partial charge in [-0.25, -0.2) is 0 Å². The summed E-state index contributed by atoms with van der Waals surface area (Å²) in [6, 6.07) is 59.1. The molecule has 1 heterocycles. The highest BCUT2D eigenvalue weighted by molar-refractivity contribution is 6.13. The van der Waals surface area contributed by atoms with Gasteiger partial charge in [0.25, 0.3) is 0 Å². The molecule has 0 fully saturated rings. The molecule has 2 atom stereocenters. The van der Waals surface area contributed by atoms with Crippen LogP contribution < -0.4 is 5.32 Å². The zero-order chi connectivity index (χ0) is 40.9. The van der Waals surface area contributed by atoms with E-state index in [1.165, 1.54) is 83.5 Å². The largest absolute Gasteiger partial charge is 0.359 e. The molecule has 2 unspecified atom stereocenters. The second kappa shape index (κ2) is 13.6. The number of rotatable bonds is 4. The molecule has 7 aromatic carbocycles. The number of benzene rings is 7. The molecule has 7 aromatic rings. The highest BCUT2D eigenvalue weighted by Gasteiger charge is 2.54.